The van der Waals surface area contributed by atoms with E-state index in [9.17, 15) is 22.8 Å². The third kappa shape index (κ3) is 9.42. The molecule has 0 radical (unpaired) electrons. The molecule has 0 saturated heterocycles. The summed E-state index contributed by atoms with van der Waals surface area (Å²) in [6.45, 7) is 2.61. The minimum Gasteiger partial charge on any atom is -0.493 e. The first-order valence-corrected chi connectivity index (χ1v) is 13.0. The number of ether oxygens (including phenoxy) is 1. The second-order valence-corrected chi connectivity index (χ2v) is 9.33. The number of aliphatic carboxylic acids is 1. The van der Waals surface area contributed by atoms with Gasteiger partial charge in [-0.2, -0.15) is 13.2 Å². The Balaban J connectivity index is 1.65. The van der Waals surface area contributed by atoms with Crippen molar-refractivity contribution in [1.82, 2.24) is 10.3 Å². The zero-order chi connectivity index (χ0) is 28.3. The second kappa shape index (κ2) is 14.3. The molecule has 0 saturated carbocycles. The molecular weight excluding hydrogens is 509 g/mol. The fourth-order valence-corrected chi connectivity index (χ4v) is 4.10. The molecule has 0 aliphatic rings. The molecule has 0 unspecified atom stereocenters. The van der Waals surface area contributed by atoms with Crippen LogP contribution >= 0.6 is 0 Å². The number of pyridine rings is 1. The molecule has 2 N–H and O–H groups in total. The molecule has 0 bridgehead atoms. The van der Waals surface area contributed by atoms with Gasteiger partial charge in [0.1, 0.15) is 5.75 Å². The third-order valence-corrected chi connectivity index (χ3v) is 6.36. The van der Waals surface area contributed by atoms with E-state index in [1.54, 1.807) is 30.5 Å². The highest BCUT2D eigenvalue weighted by molar-refractivity contribution is 5.94. The van der Waals surface area contributed by atoms with Crippen LogP contribution in [0.2, 0.25) is 0 Å². The molecule has 0 fully saturated rings. The number of aromatic nitrogens is 1. The van der Waals surface area contributed by atoms with Crippen molar-refractivity contribution in [3.05, 3.63) is 83.6 Å². The fourth-order valence-electron chi connectivity index (χ4n) is 4.10. The highest BCUT2D eigenvalue weighted by Crippen LogP contribution is 2.31. The van der Waals surface area contributed by atoms with Gasteiger partial charge in [-0.25, -0.2) is 0 Å². The zero-order valence-corrected chi connectivity index (χ0v) is 21.8. The van der Waals surface area contributed by atoms with Gasteiger partial charge in [-0.3, -0.25) is 14.6 Å². The van der Waals surface area contributed by atoms with Crippen LogP contribution in [0.25, 0.3) is 11.3 Å². The van der Waals surface area contributed by atoms with Crippen molar-refractivity contribution in [2.75, 3.05) is 13.2 Å². The summed E-state index contributed by atoms with van der Waals surface area (Å²) in [6.07, 6.45) is 2.53. The van der Waals surface area contributed by atoms with Gasteiger partial charge in [0, 0.05) is 29.8 Å². The summed E-state index contributed by atoms with van der Waals surface area (Å²) in [6, 6.07) is 15.4. The van der Waals surface area contributed by atoms with Crippen molar-refractivity contribution in [3.63, 3.8) is 0 Å². The molecule has 1 amide bonds. The summed E-state index contributed by atoms with van der Waals surface area (Å²) >= 11 is 0. The highest BCUT2D eigenvalue weighted by atomic mass is 19.4. The summed E-state index contributed by atoms with van der Waals surface area (Å²) in [5.74, 6) is -0.663. The topological polar surface area (TPSA) is 88.5 Å². The van der Waals surface area contributed by atoms with Crippen LogP contribution in [0.15, 0.2) is 66.9 Å². The van der Waals surface area contributed by atoms with E-state index >= 15 is 0 Å². The van der Waals surface area contributed by atoms with Crippen LogP contribution in [0.1, 0.15) is 72.9 Å². The van der Waals surface area contributed by atoms with E-state index in [1.807, 2.05) is 12.1 Å². The first-order chi connectivity index (χ1) is 18.7. The quantitative estimate of drug-likeness (QED) is 0.212. The molecule has 0 aliphatic carbocycles. The first-order valence-electron chi connectivity index (χ1n) is 13.0. The molecule has 3 rings (SSSR count). The van der Waals surface area contributed by atoms with Gasteiger partial charge < -0.3 is 15.2 Å². The summed E-state index contributed by atoms with van der Waals surface area (Å²) in [4.78, 5) is 27.3. The Labute approximate surface area is 226 Å². The normalized spacial score (nSPS) is 12.1. The molecule has 1 heterocycles. The maximum absolute atomic E-state index is 12.9. The number of carboxylic acids is 1. The molecule has 3 aromatic rings. The Morgan fingerprint density at radius 3 is 2.28 bits per heavy atom. The van der Waals surface area contributed by atoms with Crippen LogP contribution in [-0.4, -0.2) is 35.1 Å². The Morgan fingerprint density at radius 1 is 0.974 bits per heavy atom. The molecular formula is C30H33F3N2O4. The van der Waals surface area contributed by atoms with Crippen molar-refractivity contribution >= 4 is 11.9 Å². The smallest absolute Gasteiger partial charge is 0.416 e. The molecule has 208 valence electrons. The van der Waals surface area contributed by atoms with Gasteiger partial charge in [-0.1, -0.05) is 50.8 Å². The number of carboxylic acid groups (broad SMARTS) is 1. The molecule has 6 nitrogen and oxygen atoms in total. The monoisotopic (exact) mass is 542 g/mol. The number of halogens is 3. The van der Waals surface area contributed by atoms with Crippen LogP contribution in [-0.2, 0) is 11.0 Å². The van der Waals surface area contributed by atoms with Gasteiger partial charge in [0.2, 0.25) is 0 Å². The summed E-state index contributed by atoms with van der Waals surface area (Å²) in [7, 11) is 0. The number of nitrogens with one attached hydrogen (secondary N) is 1. The number of hydrogen-bond donors (Lipinski definition) is 2. The van der Waals surface area contributed by atoms with E-state index in [2.05, 4.69) is 17.2 Å². The number of hydrogen-bond acceptors (Lipinski definition) is 4. The number of carbonyl (C=O) groups excluding carboxylic acids is 1. The van der Waals surface area contributed by atoms with Crippen LogP contribution < -0.4 is 10.1 Å². The van der Waals surface area contributed by atoms with Crippen molar-refractivity contribution in [2.45, 2.75) is 57.5 Å². The van der Waals surface area contributed by atoms with Crippen LogP contribution in [0, 0.1) is 0 Å². The van der Waals surface area contributed by atoms with Gasteiger partial charge in [0.25, 0.3) is 5.91 Å². The van der Waals surface area contributed by atoms with E-state index in [1.165, 1.54) is 12.1 Å². The Morgan fingerprint density at radius 2 is 1.69 bits per heavy atom. The number of unbranched alkanes of at least 4 members (excludes halogenated alkanes) is 3. The van der Waals surface area contributed by atoms with Gasteiger partial charge in [-0.05, 0) is 54.4 Å². The number of benzene rings is 2. The Bertz CT molecular complexity index is 1190. The van der Waals surface area contributed by atoms with Crippen LogP contribution in [0.4, 0.5) is 13.2 Å². The van der Waals surface area contributed by atoms with Crippen molar-refractivity contribution in [2.24, 2.45) is 0 Å². The van der Waals surface area contributed by atoms with Gasteiger partial charge in [-0.15, -0.1) is 0 Å². The molecule has 1 aromatic heterocycles. The lowest BCUT2D eigenvalue weighted by molar-refractivity contribution is -0.138. The molecule has 0 spiro atoms. The average Bonchev–Trinajstić information content (AvgIpc) is 2.92. The third-order valence-electron chi connectivity index (χ3n) is 6.36. The lowest BCUT2D eigenvalue weighted by Gasteiger charge is -2.19. The molecule has 9 heteroatoms. The number of rotatable bonds is 14. The van der Waals surface area contributed by atoms with Crippen molar-refractivity contribution in [1.29, 1.82) is 0 Å². The van der Waals surface area contributed by atoms with Crippen molar-refractivity contribution in [3.8, 4) is 17.0 Å². The number of alkyl halides is 3. The Hall–Kier alpha value is -3.88. The SMILES string of the molecule is CCCCCC[C@@H](COc1ccc(C(=O)NCCC(=O)O)cc1)c1ccc(-c2ccc(C(F)(F)F)cc2)nc1. The van der Waals surface area contributed by atoms with E-state index < -0.39 is 17.7 Å². The van der Waals surface area contributed by atoms with Gasteiger partial charge in [0.15, 0.2) is 0 Å². The van der Waals surface area contributed by atoms with E-state index in [4.69, 9.17) is 9.84 Å². The second-order valence-electron chi connectivity index (χ2n) is 9.33. The number of nitrogens with zero attached hydrogens (tertiary/aromatic N) is 1. The molecule has 39 heavy (non-hydrogen) atoms. The lowest BCUT2D eigenvalue weighted by atomic mass is 9.94. The van der Waals surface area contributed by atoms with Crippen LogP contribution in [0.3, 0.4) is 0 Å². The average molecular weight is 543 g/mol. The first kappa shape index (κ1) is 29.7. The molecule has 0 aliphatic heterocycles. The van der Waals surface area contributed by atoms with Gasteiger partial charge >= 0.3 is 12.1 Å². The fraction of sp³-hybridized carbons (Fsp3) is 0.367. The standard InChI is InChI=1S/C30H33F3N2O4/c1-2-3-4-5-6-24(20-39-26-14-9-22(10-15-26)29(38)34-18-17-28(36)37)23-11-16-27(35-19-23)21-7-12-25(13-8-21)30(31,32)33/h7-16,19,24H,2-6,17-18,20H2,1H3,(H,34,38)(H,36,37)/t24-/m0/s1. The summed E-state index contributed by atoms with van der Waals surface area (Å²) < 4.78 is 44.7. The van der Waals surface area contributed by atoms with E-state index in [0.29, 0.717) is 29.2 Å². The van der Waals surface area contributed by atoms with E-state index in [-0.39, 0.29) is 24.8 Å². The van der Waals surface area contributed by atoms with Gasteiger partial charge in [0.05, 0.1) is 24.3 Å². The minimum absolute atomic E-state index is 0.0534. The number of amides is 1. The minimum atomic E-state index is -4.38. The Kier molecular flexibility index (Phi) is 10.9. The van der Waals surface area contributed by atoms with E-state index in [0.717, 1.165) is 49.8 Å². The summed E-state index contributed by atoms with van der Waals surface area (Å²) in [5.41, 5.74) is 1.90. The molecule has 2 aromatic carbocycles. The maximum Gasteiger partial charge on any atom is 0.416 e. The predicted molar refractivity (Wildman–Crippen MR) is 143 cm³/mol. The highest BCUT2D eigenvalue weighted by Gasteiger charge is 2.30. The van der Waals surface area contributed by atoms with Crippen LogP contribution in [0.5, 0.6) is 5.75 Å². The largest absolute Gasteiger partial charge is 0.493 e. The maximum atomic E-state index is 12.9. The van der Waals surface area contributed by atoms with Crippen molar-refractivity contribution < 1.29 is 32.6 Å². The zero-order valence-electron chi connectivity index (χ0n) is 21.8. The number of carbonyl (C=O) groups is 2. The lowest BCUT2D eigenvalue weighted by Crippen LogP contribution is -2.25. The summed E-state index contributed by atoms with van der Waals surface area (Å²) in [5, 5.41) is 11.3. The predicted octanol–water partition coefficient (Wildman–Crippen LogP) is 7.10. The molecule has 1 atom stereocenters.